The highest BCUT2D eigenvalue weighted by atomic mass is 19.2. The van der Waals surface area contributed by atoms with Crippen LogP contribution in [0.25, 0.3) is 5.70 Å². The summed E-state index contributed by atoms with van der Waals surface area (Å²) < 4.78 is 30.6. The minimum Gasteiger partial charge on any atom is -0.464 e. The molecule has 0 fully saturated rings. The van der Waals surface area contributed by atoms with Crippen LogP contribution in [0.5, 0.6) is 0 Å². The molecule has 1 aliphatic heterocycles. The number of pyridine rings is 1. The Morgan fingerprint density at radius 2 is 2.00 bits per heavy atom. The van der Waals surface area contributed by atoms with Gasteiger partial charge in [-0.2, -0.15) is 0 Å². The lowest BCUT2D eigenvalue weighted by atomic mass is 10.1. The van der Waals surface area contributed by atoms with Gasteiger partial charge in [-0.3, -0.25) is 4.98 Å². The lowest BCUT2D eigenvalue weighted by molar-refractivity contribution is -0.799. The number of carbonyl (C=O) groups is 2. The summed E-state index contributed by atoms with van der Waals surface area (Å²) in [5, 5.41) is 7.67. The second kappa shape index (κ2) is 7.00. The van der Waals surface area contributed by atoms with Gasteiger partial charge < -0.3 is 10.5 Å². The average molecular weight is 374 g/mol. The zero-order valence-electron chi connectivity index (χ0n) is 14.1. The first kappa shape index (κ1) is 18.3. The van der Waals surface area contributed by atoms with Crippen LogP contribution in [0.3, 0.4) is 0 Å². The Balaban J connectivity index is 2.19. The van der Waals surface area contributed by atoms with Crippen molar-refractivity contribution in [3.8, 4) is 0 Å². The maximum absolute atomic E-state index is 13.6. The molecule has 10 heteroatoms. The van der Waals surface area contributed by atoms with Gasteiger partial charge >= 0.3 is 12.0 Å². The number of esters is 1. The summed E-state index contributed by atoms with van der Waals surface area (Å²) in [5.41, 5.74) is 5.96. The molecule has 0 saturated carbocycles. The van der Waals surface area contributed by atoms with E-state index in [-0.39, 0.29) is 23.5 Å². The van der Waals surface area contributed by atoms with Crippen molar-refractivity contribution < 1.29 is 27.7 Å². The molecule has 2 amide bonds. The maximum Gasteiger partial charge on any atom is 0.447 e. The van der Waals surface area contributed by atoms with E-state index in [9.17, 15) is 18.4 Å². The number of hydrogen-bond donors (Lipinski definition) is 1. The molecule has 1 aromatic carbocycles. The number of halogens is 2. The highest BCUT2D eigenvalue weighted by molar-refractivity contribution is 5.97. The van der Waals surface area contributed by atoms with Gasteiger partial charge in [0, 0.05) is 23.2 Å². The molecular formula is C17H14F2N5O3+. The van der Waals surface area contributed by atoms with Crippen LogP contribution in [0, 0.1) is 11.6 Å². The van der Waals surface area contributed by atoms with Crippen LogP contribution >= 0.6 is 0 Å². The van der Waals surface area contributed by atoms with Crippen LogP contribution in [0.4, 0.5) is 13.6 Å². The highest BCUT2D eigenvalue weighted by Crippen LogP contribution is 2.39. The fourth-order valence-corrected chi connectivity index (χ4v) is 2.72. The van der Waals surface area contributed by atoms with Gasteiger partial charge in [0.25, 0.3) is 0 Å². The largest absolute Gasteiger partial charge is 0.464 e. The standard InChI is InChI=1S/C17H13F2N5O3/c1-27-16(25)14-15(11-3-2-6-21-8-11)24(17(20)26,23-22-14)9-10-4-5-12(18)13(19)7-10/h2-8H,9H2,1H3,(H-,20,26)/p+1. The van der Waals surface area contributed by atoms with E-state index >= 15 is 0 Å². The van der Waals surface area contributed by atoms with Gasteiger partial charge in [-0.25, -0.2) is 18.4 Å². The fourth-order valence-electron chi connectivity index (χ4n) is 2.72. The third-order valence-electron chi connectivity index (χ3n) is 3.97. The molecule has 1 aromatic heterocycles. The molecule has 0 saturated heterocycles. The number of nitrogens with zero attached hydrogens (tertiary/aromatic N) is 4. The molecule has 2 heterocycles. The summed E-state index contributed by atoms with van der Waals surface area (Å²) in [6.07, 6.45) is 2.90. The van der Waals surface area contributed by atoms with Crippen molar-refractivity contribution in [2.75, 3.05) is 7.11 Å². The Morgan fingerprint density at radius 3 is 2.59 bits per heavy atom. The van der Waals surface area contributed by atoms with E-state index in [0.717, 1.165) is 19.2 Å². The molecule has 0 radical (unpaired) electrons. The number of primary amides is 1. The number of urea groups is 1. The normalized spacial score (nSPS) is 18.6. The SMILES string of the molecule is COC(=O)C1=C(c2cccnc2)[N+](Cc2ccc(F)c(F)c2)(C(N)=O)N=N1. The Kier molecular flexibility index (Phi) is 4.74. The van der Waals surface area contributed by atoms with Crippen LogP contribution in [0.1, 0.15) is 11.1 Å². The maximum atomic E-state index is 13.6. The number of rotatable bonds is 4. The van der Waals surface area contributed by atoms with E-state index in [1.807, 2.05) is 0 Å². The average Bonchev–Trinajstić information content (AvgIpc) is 3.05. The van der Waals surface area contributed by atoms with Crippen molar-refractivity contribution in [2.45, 2.75) is 6.54 Å². The molecule has 8 nitrogen and oxygen atoms in total. The van der Waals surface area contributed by atoms with Crippen molar-refractivity contribution in [2.24, 2.45) is 16.1 Å². The van der Waals surface area contributed by atoms with Crippen molar-refractivity contribution >= 4 is 17.7 Å². The number of carbonyl (C=O) groups excluding carboxylic acids is 2. The number of quaternary nitrogens is 1. The fraction of sp³-hybridized carbons (Fsp3) is 0.118. The van der Waals surface area contributed by atoms with Gasteiger partial charge in [0.05, 0.1) is 12.7 Å². The number of hydrogen-bond acceptors (Lipinski definition) is 6. The van der Waals surface area contributed by atoms with Gasteiger partial charge in [0.15, 0.2) is 11.6 Å². The lowest BCUT2D eigenvalue weighted by Crippen LogP contribution is -2.48. The number of nitrogens with two attached hydrogens (primary N) is 1. The minimum absolute atomic E-state index is 0.0344. The molecule has 0 spiro atoms. The second-order valence-electron chi connectivity index (χ2n) is 5.63. The minimum atomic E-state index is -1.09. The first-order valence-electron chi connectivity index (χ1n) is 7.68. The van der Waals surface area contributed by atoms with Crippen molar-refractivity contribution in [1.29, 1.82) is 0 Å². The number of benzene rings is 1. The van der Waals surface area contributed by atoms with E-state index in [2.05, 4.69) is 15.3 Å². The monoisotopic (exact) mass is 374 g/mol. The molecule has 2 N–H and O–H groups in total. The van der Waals surface area contributed by atoms with Gasteiger partial charge in [-0.1, -0.05) is 15.8 Å². The van der Waals surface area contributed by atoms with Crippen LogP contribution in [0.15, 0.2) is 58.8 Å². The third-order valence-corrected chi connectivity index (χ3v) is 3.97. The Morgan fingerprint density at radius 1 is 1.22 bits per heavy atom. The van der Waals surface area contributed by atoms with E-state index in [4.69, 9.17) is 10.5 Å². The summed E-state index contributed by atoms with van der Waals surface area (Å²) in [5.74, 6) is -2.96. The molecule has 0 aliphatic carbocycles. The zero-order chi connectivity index (χ0) is 19.6. The third kappa shape index (κ3) is 3.17. The second-order valence-corrected chi connectivity index (χ2v) is 5.63. The molecule has 27 heavy (non-hydrogen) atoms. The van der Waals surface area contributed by atoms with Crippen molar-refractivity contribution in [1.82, 2.24) is 4.98 Å². The highest BCUT2D eigenvalue weighted by Gasteiger charge is 2.50. The van der Waals surface area contributed by atoms with Gasteiger partial charge in [0.2, 0.25) is 11.4 Å². The Bertz CT molecular complexity index is 978. The zero-order valence-corrected chi connectivity index (χ0v) is 14.1. The molecule has 1 unspecified atom stereocenters. The van der Waals surface area contributed by atoms with Crippen LogP contribution < -0.4 is 5.73 Å². The first-order valence-corrected chi connectivity index (χ1v) is 7.68. The lowest BCUT2D eigenvalue weighted by Gasteiger charge is -2.24. The van der Waals surface area contributed by atoms with Crippen LogP contribution in [0.2, 0.25) is 0 Å². The van der Waals surface area contributed by atoms with Crippen LogP contribution in [-0.4, -0.2) is 28.7 Å². The van der Waals surface area contributed by atoms with E-state index < -0.39 is 28.2 Å². The summed E-state index contributed by atoms with van der Waals surface area (Å²) in [7, 11) is 1.15. The van der Waals surface area contributed by atoms with Gasteiger partial charge in [0.1, 0.15) is 6.54 Å². The molecule has 0 bridgehead atoms. The molecule has 1 aliphatic rings. The molecule has 2 aromatic rings. The van der Waals surface area contributed by atoms with E-state index in [1.54, 1.807) is 12.1 Å². The molecular weight excluding hydrogens is 360 g/mol. The first-order chi connectivity index (χ1) is 12.9. The van der Waals surface area contributed by atoms with Crippen LogP contribution in [-0.2, 0) is 16.1 Å². The Labute approximate surface area is 152 Å². The number of ether oxygens (including phenoxy) is 1. The topological polar surface area (TPSA) is 107 Å². The van der Waals surface area contributed by atoms with Gasteiger partial charge in [-0.05, 0) is 24.3 Å². The summed E-state index contributed by atoms with van der Waals surface area (Å²) >= 11 is 0. The quantitative estimate of drug-likeness (QED) is 0.656. The summed E-state index contributed by atoms with van der Waals surface area (Å²) in [4.78, 5) is 28.5. The number of amides is 2. The van der Waals surface area contributed by atoms with E-state index in [1.165, 1.54) is 18.5 Å². The number of aromatic nitrogens is 1. The number of methoxy groups -OCH3 is 1. The molecule has 3 rings (SSSR count). The summed E-state index contributed by atoms with van der Waals surface area (Å²) in [6.45, 7) is -0.291. The molecule has 1 atom stereocenters. The summed E-state index contributed by atoms with van der Waals surface area (Å²) in [6, 6.07) is 5.33. The molecule has 138 valence electrons. The smallest absolute Gasteiger partial charge is 0.447 e. The van der Waals surface area contributed by atoms with Crippen molar-refractivity contribution in [3.05, 3.63) is 71.2 Å². The Hall–Kier alpha value is -3.53. The predicted molar refractivity (Wildman–Crippen MR) is 87.9 cm³/mol. The van der Waals surface area contributed by atoms with Crippen molar-refractivity contribution in [3.63, 3.8) is 0 Å². The van der Waals surface area contributed by atoms with E-state index in [0.29, 0.717) is 5.56 Å². The predicted octanol–water partition coefficient (Wildman–Crippen LogP) is 2.68. The van der Waals surface area contributed by atoms with Gasteiger partial charge in [-0.15, -0.1) is 0 Å².